The lowest BCUT2D eigenvalue weighted by molar-refractivity contribution is -0.112. The summed E-state index contributed by atoms with van der Waals surface area (Å²) in [5.41, 5.74) is 1.97. The van der Waals surface area contributed by atoms with E-state index in [0.717, 1.165) is 12.1 Å². The van der Waals surface area contributed by atoms with Crippen LogP contribution in [0.4, 0.5) is 21.5 Å². The van der Waals surface area contributed by atoms with E-state index < -0.39 is 27.4 Å². The summed E-state index contributed by atoms with van der Waals surface area (Å²) >= 11 is 31.4. The van der Waals surface area contributed by atoms with Gasteiger partial charge in [0, 0.05) is 24.2 Å². The molecular weight excluding hydrogens is 575 g/mol. The van der Waals surface area contributed by atoms with Gasteiger partial charge in [-0.25, -0.2) is 4.39 Å². The molecule has 0 bridgehead atoms. The van der Waals surface area contributed by atoms with E-state index in [1.807, 2.05) is 5.48 Å². The maximum atomic E-state index is 13.4. The molecule has 4 N–H and O–H groups in total. The van der Waals surface area contributed by atoms with Crippen molar-refractivity contribution in [1.29, 1.82) is 0 Å². The first kappa shape index (κ1) is 26.8. The van der Waals surface area contributed by atoms with Crippen molar-refractivity contribution in [2.45, 2.75) is 10.3 Å². The molecule has 0 heterocycles. The molecule has 0 saturated heterocycles. The number of nitrogens with one attached hydrogen (secondary N) is 3. The van der Waals surface area contributed by atoms with Gasteiger partial charge >= 0.3 is 0 Å². The third-order valence-electron chi connectivity index (χ3n) is 6.05. The van der Waals surface area contributed by atoms with Gasteiger partial charge in [-0.15, -0.1) is 0 Å². The van der Waals surface area contributed by atoms with Gasteiger partial charge in [0.2, 0.25) is 0 Å². The molecule has 1 amide bonds. The molecular formula is C24H17Cl5FN3O3. The summed E-state index contributed by atoms with van der Waals surface area (Å²) in [6.07, 6.45) is 0.703. The van der Waals surface area contributed by atoms with Gasteiger partial charge in [0.1, 0.15) is 16.4 Å². The van der Waals surface area contributed by atoms with Gasteiger partial charge in [-0.3, -0.25) is 15.5 Å². The zero-order chi connectivity index (χ0) is 26.3. The highest BCUT2D eigenvalue weighted by Crippen LogP contribution is 2.73. The van der Waals surface area contributed by atoms with Crippen LogP contribution in [0.3, 0.4) is 0 Å². The molecule has 3 aromatic rings. The predicted molar refractivity (Wildman–Crippen MR) is 142 cm³/mol. The van der Waals surface area contributed by atoms with E-state index in [2.05, 4.69) is 10.6 Å². The molecule has 1 aliphatic rings. The van der Waals surface area contributed by atoms with Crippen molar-refractivity contribution in [2.75, 3.05) is 22.7 Å². The van der Waals surface area contributed by atoms with Crippen molar-refractivity contribution in [2.24, 2.45) is 5.41 Å². The Morgan fingerprint density at radius 3 is 2.36 bits per heavy atom. The molecule has 188 valence electrons. The van der Waals surface area contributed by atoms with E-state index in [-0.39, 0.29) is 28.5 Å². The Hall–Kier alpha value is -2.26. The maximum absolute atomic E-state index is 13.4. The van der Waals surface area contributed by atoms with Crippen LogP contribution in [0.1, 0.15) is 21.8 Å². The van der Waals surface area contributed by atoms with Gasteiger partial charge in [-0.1, -0.05) is 64.1 Å². The van der Waals surface area contributed by atoms with Crippen molar-refractivity contribution < 1.29 is 19.2 Å². The second kappa shape index (κ2) is 10.2. The van der Waals surface area contributed by atoms with Crippen molar-refractivity contribution in [3.05, 3.63) is 86.6 Å². The topological polar surface area (TPSA) is 90.5 Å². The third kappa shape index (κ3) is 4.84. The van der Waals surface area contributed by atoms with Crippen molar-refractivity contribution >= 4 is 87.3 Å². The van der Waals surface area contributed by atoms with Crippen LogP contribution in [0.25, 0.3) is 0 Å². The molecule has 1 saturated carbocycles. The fraction of sp³-hybridized carbons (Fsp3) is 0.167. The van der Waals surface area contributed by atoms with Crippen LogP contribution < -0.4 is 16.1 Å². The molecule has 1 fully saturated rings. The lowest BCUT2D eigenvalue weighted by Gasteiger charge is -2.15. The van der Waals surface area contributed by atoms with Gasteiger partial charge in [0.25, 0.3) is 5.91 Å². The van der Waals surface area contributed by atoms with Gasteiger partial charge in [0.05, 0.1) is 37.4 Å². The third-order valence-corrected chi connectivity index (χ3v) is 8.26. The number of anilines is 3. The molecule has 4 rings (SSSR count). The van der Waals surface area contributed by atoms with Crippen LogP contribution in [0.2, 0.25) is 15.1 Å². The number of rotatable bonds is 8. The first-order valence-electron chi connectivity index (χ1n) is 10.4. The average Bonchev–Trinajstić information content (AvgIpc) is 3.35. The van der Waals surface area contributed by atoms with Crippen molar-refractivity contribution in [3.8, 4) is 0 Å². The second-order valence-electron chi connectivity index (χ2n) is 8.19. The first-order chi connectivity index (χ1) is 17.0. The predicted octanol–water partition coefficient (Wildman–Crippen LogP) is 7.41. The van der Waals surface area contributed by atoms with E-state index in [9.17, 15) is 19.2 Å². The summed E-state index contributed by atoms with van der Waals surface area (Å²) < 4.78 is 12.0. The first-order valence-corrected chi connectivity index (χ1v) is 12.3. The number of aldehydes is 1. The van der Waals surface area contributed by atoms with E-state index in [1.165, 1.54) is 18.2 Å². The summed E-state index contributed by atoms with van der Waals surface area (Å²) in [5.74, 6) is -1.76. The van der Waals surface area contributed by atoms with Crippen molar-refractivity contribution in [1.82, 2.24) is 0 Å². The second-order valence-corrected chi connectivity index (χ2v) is 10.8. The number of amides is 1. The number of hydrogen-bond donors (Lipinski definition) is 4. The highest BCUT2D eigenvalue weighted by atomic mass is 35.5. The quantitative estimate of drug-likeness (QED) is 0.124. The Balaban J connectivity index is 1.54. The number of halogens is 6. The maximum Gasteiger partial charge on any atom is 0.257 e. The minimum atomic E-state index is -1.40. The molecule has 2 atom stereocenters. The summed E-state index contributed by atoms with van der Waals surface area (Å²) in [7, 11) is 0. The SMILES string of the molecule is O=CC1(CNc2ccc(Cl)c(C(=O)Nc3ccc(F)cc3NO)c2)C(c2ccc(Cl)c(Cl)c2)C1(Cl)Cl. The fourth-order valence-corrected chi connectivity index (χ4v) is 5.53. The Morgan fingerprint density at radius 2 is 1.69 bits per heavy atom. The molecule has 1 aliphatic carbocycles. The summed E-state index contributed by atoms with van der Waals surface area (Å²) in [5, 5.41) is 15.7. The monoisotopic (exact) mass is 589 g/mol. The van der Waals surface area contributed by atoms with Gasteiger partial charge in [0.15, 0.2) is 0 Å². The summed E-state index contributed by atoms with van der Waals surface area (Å²) in [6.45, 7) is 0.0493. The largest absolute Gasteiger partial charge is 0.384 e. The van der Waals surface area contributed by atoms with Crippen LogP contribution in [-0.4, -0.2) is 28.3 Å². The van der Waals surface area contributed by atoms with E-state index in [0.29, 0.717) is 27.6 Å². The zero-order valence-electron chi connectivity index (χ0n) is 18.1. The van der Waals surface area contributed by atoms with E-state index >= 15 is 0 Å². The molecule has 3 aromatic carbocycles. The number of alkyl halides is 2. The van der Waals surface area contributed by atoms with Crippen LogP contribution in [0, 0.1) is 11.2 Å². The minimum absolute atomic E-state index is 0.0377. The Labute approximate surface area is 230 Å². The van der Waals surface area contributed by atoms with Crippen LogP contribution in [0.15, 0.2) is 54.6 Å². The molecule has 0 spiro atoms. The minimum Gasteiger partial charge on any atom is -0.384 e. The molecule has 2 unspecified atom stereocenters. The molecule has 12 heteroatoms. The molecule has 6 nitrogen and oxygen atoms in total. The van der Waals surface area contributed by atoms with Gasteiger partial charge in [-0.05, 0) is 48.0 Å². The fourth-order valence-electron chi connectivity index (χ4n) is 4.05. The van der Waals surface area contributed by atoms with Crippen LogP contribution >= 0.6 is 58.0 Å². The molecule has 0 aliphatic heterocycles. The van der Waals surface area contributed by atoms with E-state index in [4.69, 9.17) is 58.0 Å². The molecule has 0 aromatic heterocycles. The van der Waals surface area contributed by atoms with Gasteiger partial charge in [-0.2, -0.15) is 0 Å². The zero-order valence-corrected chi connectivity index (χ0v) is 21.9. The van der Waals surface area contributed by atoms with E-state index in [1.54, 1.807) is 24.3 Å². The standard InChI is InChI=1S/C24H17Cl5FN3O3/c25-16-5-3-14(9-15(16)22(35)32-19-6-2-13(30)8-20(19)33-36)31-10-23(11-34)21(24(23,28)29)12-1-4-17(26)18(27)7-12/h1-9,11,21,31,33,36H,10H2,(H,32,35). The molecule has 36 heavy (non-hydrogen) atoms. The lowest BCUT2D eigenvalue weighted by atomic mass is 10.00. The van der Waals surface area contributed by atoms with Gasteiger partial charge < -0.3 is 15.4 Å². The smallest absolute Gasteiger partial charge is 0.257 e. The number of benzene rings is 3. The number of hydrogen-bond acceptors (Lipinski definition) is 5. The Morgan fingerprint density at radius 1 is 0.972 bits per heavy atom. The summed E-state index contributed by atoms with van der Waals surface area (Å²) in [4.78, 5) is 25.0. The highest BCUT2D eigenvalue weighted by molar-refractivity contribution is 6.54. The number of carbonyl (C=O) groups excluding carboxylic acids is 2. The highest BCUT2D eigenvalue weighted by Gasteiger charge is 2.76. The Kier molecular flexibility index (Phi) is 7.62. The van der Waals surface area contributed by atoms with Crippen LogP contribution in [0.5, 0.6) is 0 Å². The molecule has 0 radical (unpaired) electrons. The number of carbonyl (C=O) groups is 2. The summed E-state index contributed by atoms with van der Waals surface area (Å²) in [6, 6.07) is 13.0. The van der Waals surface area contributed by atoms with Crippen molar-refractivity contribution in [3.63, 3.8) is 0 Å². The Bertz CT molecular complexity index is 1360. The average molecular weight is 592 g/mol. The van der Waals surface area contributed by atoms with Crippen LogP contribution in [-0.2, 0) is 4.79 Å². The lowest BCUT2D eigenvalue weighted by Crippen LogP contribution is -2.23. The normalized spacial score (nSPS) is 19.9.